The maximum absolute atomic E-state index is 11.8. The minimum absolute atomic E-state index is 0.0521. The molecule has 0 radical (unpaired) electrons. The van der Waals surface area contributed by atoms with E-state index in [2.05, 4.69) is 0 Å². The molecule has 0 aromatic heterocycles. The SMILES string of the molecule is COC(=O)C12CC3CC(CC(C3)C1)C2. The van der Waals surface area contributed by atoms with Gasteiger partial charge in [0, 0.05) is 0 Å². The van der Waals surface area contributed by atoms with Crippen molar-refractivity contribution in [1.29, 1.82) is 0 Å². The summed E-state index contributed by atoms with van der Waals surface area (Å²) in [6, 6.07) is 0. The lowest BCUT2D eigenvalue weighted by Gasteiger charge is -2.55. The summed E-state index contributed by atoms with van der Waals surface area (Å²) < 4.78 is 5.00. The summed E-state index contributed by atoms with van der Waals surface area (Å²) in [6.45, 7) is 0. The summed E-state index contributed by atoms with van der Waals surface area (Å²) in [4.78, 5) is 11.8. The van der Waals surface area contributed by atoms with Crippen LogP contribution in [0.25, 0.3) is 0 Å². The number of esters is 1. The molecule has 0 atom stereocenters. The zero-order chi connectivity index (χ0) is 9.76. The van der Waals surface area contributed by atoms with E-state index >= 15 is 0 Å². The van der Waals surface area contributed by atoms with Crippen LogP contribution in [0.5, 0.6) is 0 Å². The normalized spacial score (nSPS) is 49.4. The van der Waals surface area contributed by atoms with Gasteiger partial charge in [0.1, 0.15) is 0 Å². The predicted molar refractivity (Wildman–Crippen MR) is 52.6 cm³/mol. The molecule has 2 heteroatoms. The molecule has 4 saturated carbocycles. The first-order valence-corrected chi connectivity index (χ1v) is 5.80. The third-order valence-electron chi connectivity index (χ3n) is 4.66. The van der Waals surface area contributed by atoms with E-state index in [-0.39, 0.29) is 11.4 Å². The lowest BCUT2D eigenvalue weighted by Crippen LogP contribution is -2.50. The quantitative estimate of drug-likeness (QED) is 0.599. The standard InChI is InChI=1S/C12H18O2/c1-14-11(13)12-5-8-2-9(6-12)4-10(3-8)7-12/h8-10H,2-7H2,1H3. The van der Waals surface area contributed by atoms with Gasteiger partial charge in [-0.15, -0.1) is 0 Å². The molecule has 0 N–H and O–H groups in total. The topological polar surface area (TPSA) is 26.3 Å². The lowest BCUT2D eigenvalue weighted by atomic mass is 9.49. The second kappa shape index (κ2) is 2.74. The van der Waals surface area contributed by atoms with Crippen molar-refractivity contribution in [3.63, 3.8) is 0 Å². The van der Waals surface area contributed by atoms with Crippen molar-refractivity contribution >= 4 is 5.97 Å². The fourth-order valence-electron chi connectivity index (χ4n) is 4.58. The Hall–Kier alpha value is -0.530. The van der Waals surface area contributed by atoms with Crippen molar-refractivity contribution in [3.8, 4) is 0 Å². The molecule has 0 aliphatic heterocycles. The number of carbonyl (C=O) groups is 1. The molecule has 0 unspecified atom stereocenters. The molecule has 0 aromatic rings. The van der Waals surface area contributed by atoms with Gasteiger partial charge in [-0.05, 0) is 56.3 Å². The van der Waals surface area contributed by atoms with Gasteiger partial charge >= 0.3 is 5.97 Å². The Bertz CT molecular complexity index is 234. The van der Waals surface area contributed by atoms with E-state index in [0.717, 1.165) is 37.0 Å². The molecule has 14 heavy (non-hydrogen) atoms. The minimum atomic E-state index is -0.0521. The molecule has 4 bridgehead atoms. The Morgan fingerprint density at radius 3 is 1.86 bits per heavy atom. The number of rotatable bonds is 1. The molecule has 0 amide bonds. The number of ether oxygens (including phenoxy) is 1. The van der Waals surface area contributed by atoms with E-state index in [1.54, 1.807) is 7.11 Å². The molecule has 4 fully saturated rings. The van der Waals surface area contributed by atoms with Crippen molar-refractivity contribution in [2.24, 2.45) is 23.2 Å². The fraction of sp³-hybridized carbons (Fsp3) is 0.917. The van der Waals surface area contributed by atoms with Gasteiger partial charge in [0.2, 0.25) is 0 Å². The van der Waals surface area contributed by atoms with Gasteiger partial charge in [0.25, 0.3) is 0 Å². The lowest BCUT2D eigenvalue weighted by molar-refractivity contribution is -0.168. The van der Waals surface area contributed by atoms with E-state index in [1.165, 1.54) is 19.3 Å². The van der Waals surface area contributed by atoms with Gasteiger partial charge in [-0.2, -0.15) is 0 Å². The number of hydrogen-bond donors (Lipinski definition) is 0. The number of hydrogen-bond acceptors (Lipinski definition) is 2. The smallest absolute Gasteiger partial charge is 0.311 e. The zero-order valence-corrected chi connectivity index (χ0v) is 8.79. The molecule has 0 aromatic carbocycles. The van der Waals surface area contributed by atoms with Crippen LogP contribution in [0.1, 0.15) is 38.5 Å². The van der Waals surface area contributed by atoms with Gasteiger partial charge in [0.15, 0.2) is 0 Å². The Morgan fingerprint density at radius 1 is 1.07 bits per heavy atom. The molecule has 0 saturated heterocycles. The van der Waals surface area contributed by atoms with Crippen molar-refractivity contribution < 1.29 is 9.53 Å². The van der Waals surface area contributed by atoms with Crippen LogP contribution in [0.4, 0.5) is 0 Å². The van der Waals surface area contributed by atoms with Crippen molar-refractivity contribution in [2.75, 3.05) is 7.11 Å². The minimum Gasteiger partial charge on any atom is -0.469 e. The van der Waals surface area contributed by atoms with Crippen LogP contribution in [-0.2, 0) is 9.53 Å². The van der Waals surface area contributed by atoms with Gasteiger partial charge in [-0.25, -0.2) is 0 Å². The highest BCUT2D eigenvalue weighted by atomic mass is 16.5. The molecule has 78 valence electrons. The molecule has 4 aliphatic rings. The van der Waals surface area contributed by atoms with Gasteiger partial charge in [-0.3, -0.25) is 4.79 Å². The van der Waals surface area contributed by atoms with Crippen LogP contribution < -0.4 is 0 Å². The summed E-state index contributed by atoms with van der Waals surface area (Å²) in [5.74, 6) is 2.58. The van der Waals surface area contributed by atoms with Crippen LogP contribution in [0.3, 0.4) is 0 Å². The van der Waals surface area contributed by atoms with Gasteiger partial charge < -0.3 is 4.74 Å². The maximum Gasteiger partial charge on any atom is 0.311 e. The van der Waals surface area contributed by atoms with Crippen LogP contribution in [0, 0.1) is 23.2 Å². The molecule has 2 nitrogen and oxygen atoms in total. The van der Waals surface area contributed by atoms with Crippen LogP contribution in [0.2, 0.25) is 0 Å². The molecule has 0 heterocycles. The third kappa shape index (κ3) is 1.06. The Balaban J connectivity index is 1.91. The number of methoxy groups -OCH3 is 1. The highest BCUT2D eigenvalue weighted by molar-refractivity contribution is 5.77. The summed E-state index contributed by atoms with van der Waals surface area (Å²) in [7, 11) is 1.54. The Kier molecular flexibility index (Phi) is 1.71. The second-order valence-electron chi connectivity index (χ2n) is 5.69. The van der Waals surface area contributed by atoms with Crippen LogP contribution >= 0.6 is 0 Å². The average Bonchev–Trinajstić information content (AvgIpc) is 2.14. The Morgan fingerprint density at radius 2 is 1.50 bits per heavy atom. The van der Waals surface area contributed by atoms with Crippen molar-refractivity contribution in [2.45, 2.75) is 38.5 Å². The molecular weight excluding hydrogens is 176 g/mol. The molecule has 0 spiro atoms. The first kappa shape index (κ1) is 8.75. The summed E-state index contributed by atoms with van der Waals surface area (Å²) in [5.41, 5.74) is -0.0521. The largest absolute Gasteiger partial charge is 0.469 e. The van der Waals surface area contributed by atoms with E-state index in [0.29, 0.717) is 0 Å². The predicted octanol–water partition coefficient (Wildman–Crippen LogP) is 2.38. The number of carbonyl (C=O) groups excluding carboxylic acids is 1. The zero-order valence-electron chi connectivity index (χ0n) is 8.79. The summed E-state index contributed by atoms with van der Waals surface area (Å²) in [5, 5.41) is 0. The maximum atomic E-state index is 11.8. The van der Waals surface area contributed by atoms with Gasteiger partial charge in [-0.1, -0.05) is 0 Å². The second-order valence-corrected chi connectivity index (χ2v) is 5.69. The Labute approximate surface area is 85.0 Å². The summed E-state index contributed by atoms with van der Waals surface area (Å²) in [6.07, 6.45) is 7.51. The first-order valence-electron chi connectivity index (χ1n) is 5.80. The molecule has 4 aliphatic carbocycles. The van der Waals surface area contributed by atoms with Crippen LogP contribution in [-0.4, -0.2) is 13.1 Å². The van der Waals surface area contributed by atoms with E-state index in [4.69, 9.17) is 4.74 Å². The van der Waals surface area contributed by atoms with Crippen molar-refractivity contribution in [3.05, 3.63) is 0 Å². The molecular formula is C12H18O2. The van der Waals surface area contributed by atoms with E-state index < -0.39 is 0 Å². The fourth-order valence-corrected chi connectivity index (χ4v) is 4.58. The average molecular weight is 194 g/mol. The van der Waals surface area contributed by atoms with Crippen molar-refractivity contribution in [1.82, 2.24) is 0 Å². The van der Waals surface area contributed by atoms with Crippen LogP contribution in [0.15, 0.2) is 0 Å². The third-order valence-corrected chi connectivity index (χ3v) is 4.66. The van der Waals surface area contributed by atoms with Gasteiger partial charge in [0.05, 0.1) is 12.5 Å². The monoisotopic (exact) mass is 194 g/mol. The molecule has 4 rings (SSSR count). The highest BCUT2D eigenvalue weighted by Gasteiger charge is 2.55. The highest BCUT2D eigenvalue weighted by Crippen LogP contribution is 2.60. The summed E-state index contributed by atoms with van der Waals surface area (Å²) >= 11 is 0. The van der Waals surface area contributed by atoms with E-state index in [1.807, 2.05) is 0 Å². The van der Waals surface area contributed by atoms with E-state index in [9.17, 15) is 4.79 Å². The first-order chi connectivity index (χ1) is 6.72.